The Morgan fingerprint density at radius 1 is 0.903 bits per heavy atom. The molecular weight excluding hydrogens is 405 g/mol. The molecule has 5 nitrogen and oxygen atoms in total. The molecule has 0 saturated heterocycles. The van der Waals surface area contributed by atoms with Crippen molar-refractivity contribution in [2.24, 2.45) is 0 Å². The molecule has 0 aliphatic rings. The number of rotatable bonds is 9. The van der Waals surface area contributed by atoms with Gasteiger partial charge in [-0.25, -0.2) is 18.2 Å². The Kier molecular flexibility index (Phi) is 7.48. The molecule has 0 atom stereocenters. The molecule has 0 bridgehead atoms. The molecule has 1 aromatic heterocycles. The van der Waals surface area contributed by atoms with Gasteiger partial charge in [0.1, 0.15) is 11.6 Å². The van der Waals surface area contributed by atoms with Crippen LogP contribution in [0.3, 0.4) is 0 Å². The monoisotopic (exact) mass is 428 g/mol. The number of carbonyl (C=O) groups is 1. The maximum Gasteiger partial charge on any atom is 0.228 e. The fourth-order valence-corrected chi connectivity index (χ4v) is 2.86. The highest BCUT2D eigenvalue weighted by atomic mass is 19.2. The average molecular weight is 428 g/mol. The van der Waals surface area contributed by atoms with Crippen LogP contribution in [0.15, 0.2) is 54.6 Å². The summed E-state index contributed by atoms with van der Waals surface area (Å²) in [6.07, 6.45) is 0.756. The smallest absolute Gasteiger partial charge is 0.228 e. The van der Waals surface area contributed by atoms with E-state index in [9.17, 15) is 18.0 Å². The van der Waals surface area contributed by atoms with Crippen LogP contribution >= 0.6 is 0 Å². The number of halogens is 3. The van der Waals surface area contributed by atoms with Gasteiger partial charge in [-0.3, -0.25) is 4.79 Å². The molecule has 1 heterocycles. The van der Waals surface area contributed by atoms with Crippen LogP contribution in [-0.2, 0) is 17.8 Å². The standard InChI is InChI=1S/C23H23F3N4O/c1-2-11-27-23-20(29-22(31)13-16-5-8-18(25)19(26)12-16)9-10-21(30-23)28-14-15-3-6-17(24)7-4-15/h3-10,12H,2,11,13-14H2,1H3,(H,29,31)(H2,27,28,30). The first-order chi connectivity index (χ1) is 14.9. The molecule has 1 amide bonds. The van der Waals surface area contributed by atoms with E-state index in [0.717, 1.165) is 24.1 Å². The molecule has 3 N–H and O–H groups in total. The minimum Gasteiger partial charge on any atom is -0.368 e. The quantitative estimate of drug-likeness (QED) is 0.443. The normalized spacial score (nSPS) is 10.6. The van der Waals surface area contributed by atoms with E-state index < -0.39 is 11.6 Å². The molecule has 0 saturated carbocycles. The minimum absolute atomic E-state index is 0.102. The van der Waals surface area contributed by atoms with E-state index in [-0.39, 0.29) is 18.1 Å². The van der Waals surface area contributed by atoms with Gasteiger partial charge in [-0.1, -0.05) is 25.1 Å². The fourth-order valence-electron chi connectivity index (χ4n) is 2.86. The van der Waals surface area contributed by atoms with E-state index in [1.165, 1.54) is 18.2 Å². The van der Waals surface area contributed by atoms with Crippen molar-refractivity contribution in [3.8, 4) is 0 Å². The second kappa shape index (κ2) is 10.5. The lowest BCUT2D eigenvalue weighted by atomic mass is 10.1. The Labute approximate surface area is 178 Å². The zero-order chi connectivity index (χ0) is 22.2. The Bertz CT molecular complexity index is 1040. The number of carbonyl (C=O) groups excluding carboxylic acids is 1. The van der Waals surface area contributed by atoms with Gasteiger partial charge in [0.2, 0.25) is 5.91 Å². The van der Waals surface area contributed by atoms with Crippen LogP contribution < -0.4 is 16.0 Å². The van der Waals surface area contributed by atoms with Crippen molar-refractivity contribution in [2.75, 3.05) is 22.5 Å². The van der Waals surface area contributed by atoms with Crippen molar-refractivity contribution < 1.29 is 18.0 Å². The second-order valence-electron chi connectivity index (χ2n) is 6.97. The number of nitrogens with one attached hydrogen (secondary N) is 3. The predicted octanol–water partition coefficient (Wildman–Crippen LogP) is 5.11. The number of hydrogen-bond acceptors (Lipinski definition) is 4. The fraction of sp³-hybridized carbons (Fsp3) is 0.217. The van der Waals surface area contributed by atoms with E-state index in [2.05, 4.69) is 20.9 Å². The van der Waals surface area contributed by atoms with Crippen molar-refractivity contribution in [1.29, 1.82) is 0 Å². The summed E-state index contributed by atoms with van der Waals surface area (Å²) in [5.41, 5.74) is 1.74. The number of benzene rings is 2. The predicted molar refractivity (Wildman–Crippen MR) is 115 cm³/mol. The first-order valence-corrected chi connectivity index (χ1v) is 9.91. The molecule has 8 heteroatoms. The highest BCUT2D eigenvalue weighted by Gasteiger charge is 2.12. The number of hydrogen-bond donors (Lipinski definition) is 3. The van der Waals surface area contributed by atoms with Crippen LogP contribution in [0, 0.1) is 17.5 Å². The molecule has 2 aromatic carbocycles. The van der Waals surface area contributed by atoms with Crippen LogP contribution in [0.2, 0.25) is 0 Å². The molecule has 0 radical (unpaired) electrons. The Hall–Kier alpha value is -3.55. The molecule has 0 aliphatic heterocycles. The van der Waals surface area contributed by atoms with Crippen molar-refractivity contribution in [2.45, 2.75) is 26.3 Å². The van der Waals surface area contributed by atoms with Crippen molar-refractivity contribution >= 4 is 23.2 Å². The summed E-state index contributed by atoms with van der Waals surface area (Å²) in [5.74, 6) is -1.54. The number of aromatic nitrogens is 1. The zero-order valence-corrected chi connectivity index (χ0v) is 17.0. The third-order valence-corrected chi connectivity index (χ3v) is 4.45. The first-order valence-electron chi connectivity index (χ1n) is 9.91. The summed E-state index contributed by atoms with van der Waals surface area (Å²) >= 11 is 0. The number of nitrogens with zero attached hydrogens (tertiary/aromatic N) is 1. The van der Waals surface area contributed by atoms with Gasteiger partial charge >= 0.3 is 0 Å². The van der Waals surface area contributed by atoms with Crippen LogP contribution in [-0.4, -0.2) is 17.4 Å². The molecular formula is C23H23F3N4O. The Morgan fingerprint density at radius 3 is 2.35 bits per heavy atom. The van der Waals surface area contributed by atoms with Crippen LogP contribution in [0.5, 0.6) is 0 Å². The lowest BCUT2D eigenvalue weighted by Gasteiger charge is -2.14. The van der Waals surface area contributed by atoms with E-state index in [1.54, 1.807) is 24.3 Å². The Morgan fingerprint density at radius 2 is 1.65 bits per heavy atom. The molecule has 3 rings (SSSR count). The van der Waals surface area contributed by atoms with E-state index >= 15 is 0 Å². The van der Waals surface area contributed by atoms with Gasteiger partial charge in [-0.2, -0.15) is 0 Å². The topological polar surface area (TPSA) is 66.1 Å². The van der Waals surface area contributed by atoms with Crippen LogP contribution in [0.1, 0.15) is 24.5 Å². The molecule has 162 valence electrons. The van der Waals surface area contributed by atoms with Gasteiger partial charge in [0.05, 0.1) is 12.1 Å². The van der Waals surface area contributed by atoms with Crippen molar-refractivity contribution in [1.82, 2.24) is 4.98 Å². The van der Waals surface area contributed by atoms with Crippen LogP contribution in [0.25, 0.3) is 0 Å². The molecule has 31 heavy (non-hydrogen) atoms. The van der Waals surface area contributed by atoms with Gasteiger partial charge in [-0.15, -0.1) is 0 Å². The van der Waals surface area contributed by atoms with Gasteiger partial charge in [0.15, 0.2) is 17.5 Å². The SMILES string of the molecule is CCCNc1nc(NCc2ccc(F)cc2)ccc1NC(=O)Cc1ccc(F)c(F)c1. The summed E-state index contributed by atoms with van der Waals surface area (Å²) in [5, 5.41) is 9.10. The van der Waals surface area contributed by atoms with Gasteiger partial charge < -0.3 is 16.0 Å². The maximum absolute atomic E-state index is 13.4. The summed E-state index contributed by atoms with van der Waals surface area (Å²) in [4.78, 5) is 16.9. The van der Waals surface area contributed by atoms with Crippen LogP contribution in [0.4, 0.5) is 30.5 Å². The molecule has 0 spiro atoms. The third-order valence-electron chi connectivity index (χ3n) is 4.45. The first kappa shape index (κ1) is 22.1. The van der Waals surface area contributed by atoms with E-state index in [1.807, 2.05) is 6.92 Å². The van der Waals surface area contributed by atoms with Gasteiger partial charge in [0.25, 0.3) is 0 Å². The average Bonchev–Trinajstić information content (AvgIpc) is 2.75. The summed E-state index contributed by atoms with van der Waals surface area (Å²) < 4.78 is 39.5. The number of anilines is 3. The van der Waals surface area contributed by atoms with Gasteiger partial charge in [0, 0.05) is 13.1 Å². The summed E-state index contributed by atoms with van der Waals surface area (Å²) in [6, 6.07) is 13.0. The molecule has 3 aromatic rings. The third kappa shape index (κ3) is 6.47. The lowest BCUT2D eigenvalue weighted by Crippen LogP contribution is -2.17. The van der Waals surface area contributed by atoms with E-state index in [4.69, 9.17) is 0 Å². The lowest BCUT2D eigenvalue weighted by molar-refractivity contribution is -0.115. The minimum atomic E-state index is -0.992. The molecule has 0 unspecified atom stereocenters. The highest BCUT2D eigenvalue weighted by molar-refractivity contribution is 5.95. The molecule has 0 aliphatic carbocycles. The summed E-state index contributed by atoms with van der Waals surface area (Å²) in [6.45, 7) is 3.12. The summed E-state index contributed by atoms with van der Waals surface area (Å²) in [7, 11) is 0. The number of amides is 1. The Balaban J connectivity index is 1.68. The van der Waals surface area contributed by atoms with Crippen molar-refractivity contribution in [3.05, 3.63) is 83.2 Å². The molecule has 0 fully saturated rings. The van der Waals surface area contributed by atoms with Gasteiger partial charge in [-0.05, 0) is 53.9 Å². The number of pyridine rings is 1. The van der Waals surface area contributed by atoms with E-state index in [0.29, 0.717) is 36.0 Å². The highest BCUT2D eigenvalue weighted by Crippen LogP contribution is 2.23. The second-order valence-corrected chi connectivity index (χ2v) is 6.97. The zero-order valence-electron chi connectivity index (χ0n) is 17.0. The largest absolute Gasteiger partial charge is 0.368 e. The van der Waals surface area contributed by atoms with Crippen molar-refractivity contribution in [3.63, 3.8) is 0 Å². The maximum atomic E-state index is 13.4.